The normalized spacial score (nSPS) is 12.5. The highest BCUT2D eigenvalue weighted by Crippen LogP contribution is 2.34. The van der Waals surface area contributed by atoms with E-state index in [1.807, 2.05) is 72.8 Å². The topological polar surface area (TPSA) is 91.6 Å². The zero-order valence-electron chi connectivity index (χ0n) is 18.9. The molecule has 1 amide bonds. The second kappa shape index (κ2) is 10.5. The molecule has 176 valence electrons. The lowest BCUT2D eigenvalue weighted by Gasteiger charge is -2.24. The fourth-order valence-corrected chi connectivity index (χ4v) is 3.61. The van der Waals surface area contributed by atoms with Crippen molar-refractivity contribution in [3.63, 3.8) is 0 Å². The minimum absolute atomic E-state index is 0.127. The molecule has 0 N–H and O–H groups in total. The van der Waals surface area contributed by atoms with Crippen LogP contribution in [0.4, 0.5) is 5.69 Å². The van der Waals surface area contributed by atoms with Gasteiger partial charge in [-0.25, -0.2) is 4.68 Å². The van der Waals surface area contributed by atoms with E-state index in [-0.39, 0.29) is 12.5 Å². The van der Waals surface area contributed by atoms with Gasteiger partial charge in [0.05, 0.1) is 5.69 Å². The first kappa shape index (κ1) is 22.1. The van der Waals surface area contributed by atoms with Gasteiger partial charge in [-0.05, 0) is 52.4 Å². The Hall–Kier alpha value is -4.66. The summed E-state index contributed by atoms with van der Waals surface area (Å²) in [5.41, 5.74) is 2.55. The van der Waals surface area contributed by atoms with Crippen LogP contribution in [0.1, 0.15) is 5.56 Å². The fraction of sp³-hybridized carbons (Fsp3) is 0.154. The lowest BCUT2D eigenvalue weighted by atomic mass is 10.2. The molecule has 3 aromatic carbocycles. The first-order valence-electron chi connectivity index (χ1n) is 11.1. The fourth-order valence-electron chi connectivity index (χ4n) is 3.61. The van der Waals surface area contributed by atoms with Crippen molar-refractivity contribution in [2.24, 2.45) is 0 Å². The van der Waals surface area contributed by atoms with Gasteiger partial charge in [-0.15, -0.1) is 5.10 Å². The maximum Gasteiger partial charge on any atom is 0.265 e. The lowest BCUT2D eigenvalue weighted by Crippen LogP contribution is -2.35. The molecule has 1 aromatic heterocycles. The highest BCUT2D eigenvalue weighted by Gasteiger charge is 2.19. The van der Waals surface area contributed by atoms with E-state index in [2.05, 4.69) is 15.5 Å². The van der Waals surface area contributed by atoms with Crippen molar-refractivity contribution in [2.75, 3.05) is 31.3 Å². The molecule has 0 fully saturated rings. The number of anilines is 1. The van der Waals surface area contributed by atoms with E-state index in [1.165, 1.54) is 11.0 Å². The second-order valence-corrected chi connectivity index (χ2v) is 7.68. The third kappa shape index (κ3) is 5.47. The van der Waals surface area contributed by atoms with Gasteiger partial charge in [-0.3, -0.25) is 4.79 Å². The number of nitrogens with zero attached hydrogens (tertiary/aromatic N) is 5. The Kier molecular flexibility index (Phi) is 6.65. The quantitative estimate of drug-likeness (QED) is 0.390. The minimum atomic E-state index is -0.191. The lowest BCUT2D eigenvalue weighted by molar-refractivity contribution is -0.120. The molecule has 4 aromatic rings. The Morgan fingerprint density at radius 2 is 1.80 bits per heavy atom. The first-order valence-corrected chi connectivity index (χ1v) is 11.1. The molecule has 0 atom stereocenters. The summed E-state index contributed by atoms with van der Waals surface area (Å²) in [4.78, 5) is 14.9. The van der Waals surface area contributed by atoms with Crippen molar-refractivity contribution in [2.45, 2.75) is 0 Å². The van der Waals surface area contributed by atoms with Crippen LogP contribution in [0.2, 0.25) is 0 Å². The van der Waals surface area contributed by atoms with Crippen LogP contribution in [0.25, 0.3) is 11.8 Å². The summed E-state index contributed by atoms with van der Waals surface area (Å²) in [6, 6.07) is 22.6. The van der Waals surface area contributed by atoms with E-state index in [4.69, 9.17) is 14.2 Å². The maximum atomic E-state index is 13.2. The number of hydrogen-bond acceptors (Lipinski definition) is 7. The highest BCUT2D eigenvalue weighted by molar-refractivity contribution is 5.95. The van der Waals surface area contributed by atoms with E-state index in [9.17, 15) is 4.79 Å². The largest absolute Gasteiger partial charge is 0.486 e. The molecule has 0 unspecified atom stereocenters. The van der Waals surface area contributed by atoms with Gasteiger partial charge in [0.15, 0.2) is 18.1 Å². The number of fused-ring (bicyclic) bond motifs is 1. The Balaban J connectivity index is 1.30. The summed E-state index contributed by atoms with van der Waals surface area (Å²) in [7, 11) is 0. The van der Waals surface area contributed by atoms with Gasteiger partial charge in [-0.1, -0.05) is 42.5 Å². The highest BCUT2D eigenvalue weighted by atomic mass is 16.6. The number of ether oxygens (including phenoxy) is 3. The number of benzene rings is 3. The van der Waals surface area contributed by atoms with E-state index in [0.717, 1.165) is 11.3 Å². The van der Waals surface area contributed by atoms with Crippen LogP contribution in [0, 0.1) is 0 Å². The van der Waals surface area contributed by atoms with Gasteiger partial charge in [0.1, 0.15) is 25.3 Å². The Morgan fingerprint density at radius 3 is 2.57 bits per heavy atom. The van der Waals surface area contributed by atoms with Crippen molar-refractivity contribution < 1.29 is 19.0 Å². The van der Waals surface area contributed by atoms with E-state index < -0.39 is 0 Å². The van der Waals surface area contributed by atoms with Crippen LogP contribution >= 0.6 is 0 Å². The molecule has 1 aliphatic heterocycles. The summed E-state index contributed by atoms with van der Waals surface area (Å²) < 4.78 is 18.7. The van der Waals surface area contributed by atoms with Crippen LogP contribution in [0.15, 0.2) is 85.2 Å². The number of amides is 1. The van der Waals surface area contributed by atoms with Crippen LogP contribution < -0.4 is 19.1 Å². The van der Waals surface area contributed by atoms with Crippen LogP contribution in [-0.4, -0.2) is 52.5 Å². The van der Waals surface area contributed by atoms with Crippen LogP contribution in [0.5, 0.6) is 17.2 Å². The maximum absolute atomic E-state index is 13.2. The van der Waals surface area contributed by atoms with Gasteiger partial charge in [-0.2, -0.15) is 0 Å². The standard InChI is InChI=1S/C26H23N5O4/c32-26(18-35-23-11-8-21(9-12-23)31-19-27-28-29-31)30(14-4-7-20-5-2-1-3-6-20)22-10-13-24-25(17-22)34-16-15-33-24/h1-13,17,19H,14-16,18H2. The molecule has 0 bridgehead atoms. The van der Waals surface area contributed by atoms with Crippen LogP contribution in [0.3, 0.4) is 0 Å². The molecule has 2 heterocycles. The zero-order valence-corrected chi connectivity index (χ0v) is 18.9. The number of tetrazole rings is 1. The predicted octanol–water partition coefficient (Wildman–Crippen LogP) is 3.56. The molecule has 9 nitrogen and oxygen atoms in total. The molecular formula is C26H23N5O4. The molecule has 0 saturated heterocycles. The zero-order chi connectivity index (χ0) is 23.9. The Bertz CT molecular complexity index is 1290. The second-order valence-electron chi connectivity index (χ2n) is 7.68. The third-order valence-electron chi connectivity index (χ3n) is 5.35. The number of carbonyl (C=O) groups excluding carboxylic acids is 1. The van der Waals surface area contributed by atoms with Gasteiger partial charge in [0, 0.05) is 18.3 Å². The van der Waals surface area contributed by atoms with Crippen molar-refractivity contribution in [1.82, 2.24) is 20.2 Å². The summed E-state index contributed by atoms with van der Waals surface area (Å²) >= 11 is 0. The van der Waals surface area contributed by atoms with Crippen molar-refractivity contribution >= 4 is 17.7 Å². The Labute approximate surface area is 202 Å². The van der Waals surface area contributed by atoms with Crippen LogP contribution in [-0.2, 0) is 4.79 Å². The van der Waals surface area contributed by atoms with Gasteiger partial charge in [0.2, 0.25) is 0 Å². The average molecular weight is 470 g/mol. The molecule has 9 heteroatoms. The number of rotatable bonds is 8. The van der Waals surface area contributed by atoms with Gasteiger partial charge in [0.25, 0.3) is 5.91 Å². The van der Waals surface area contributed by atoms with Crippen molar-refractivity contribution in [1.29, 1.82) is 0 Å². The summed E-state index contributed by atoms with van der Waals surface area (Å²) in [5, 5.41) is 11.1. The smallest absolute Gasteiger partial charge is 0.265 e. The number of aromatic nitrogens is 4. The molecule has 35 heavy (non-hydrogen) atoms. The van der Waals surface area contributed by atoms with Gasteiger partial charge < -0.3 is 19.1 Å². The average Bonchev–Trinajstić information content (AvgIpc) is 3.46. The Morgan fingerprint density at radius 1 is 1.00 bits per heavy atom. The SMILES string of the molecule is O=C(COc1ccc(-n2cnnn2)cc1)N(CC=Cc1ccccc1)c1ccc2c(c1)OCCO2. The molecule has 5 rings (SSSR count). The van der Waals surface area contributed by atoms with E-state index >= 15 is 0 Å². The summed E-state index contributed by atoms with van der Waals surface area (Å²) in [6.07, 6.45) is 5.44. The molecular weight excluding hydrogens is 446 g/mol. The number of carbonyl (C=O) groups is 1. The molecule has 0 radical (unpaired) electrons. The summed E-state index contributed by atoms with van der Waals surface area (Å²) in [6.45, 7) is 1.23. The van der Waals surface area contributed by atoms with Crippen molar-refractivity contribution in [3.8, 4) is 22.9 Å². The third-order valence-corrected chi connectivity index (χ3v) is 5.35. The van der Waals surface area contributed by atoms with Crippen molar-refractivity contribution in [3.05, 3.63) is 90.8 Å². The number of hydrogen-bond donors (Lipinski definition) is 0. The van der Waals surface area contributed by atoms with E-state index in [1.54, 1.807) is 17.0 Å². The minimum Gasteiger partial charge on any atom is -0.486 e. The summed E-state index contributed by atoms with van der Waals surface area (Å²) in [5.74, 6) is 1.67. The van der Waals surface area contributed by atoms with Gasteiger partial charge >= 0.3 is 0 Å². The monoisotopic (exact) mass is 469 g/mol. The molecule has 0 aliphatic carbocycles. The molecule has 0 saturated carbocycles. The molecule has 0 spiro atoms. The molecule has 1 aliphatic rings. The van der Waals surface area contributed by atoms with E-state index in [0.29, 0.717) is 42.7 Å². The predicted molar refractivity (Wildman–Crippen MR) is 130 cm³/mol. The first-order chi connectivity index (χ1) is 17.3.